The number of hydrogen-bond donors (Lipinski definition) is 2. The molecule has 0 aliphatic heterocycles. The standard InChI is InChI=1S/C15H28N4/c1-11-15(12(2)19(3)18-11)10-14(17-16)9-13-7-5-4-6-8-13/h13-14,17H,4-10,16H2,1-3H3. The fourth-order valence-corrected chi connectivity index (χ4v) is 3.39. The molecule has 0 radical (unpaired) electrons. The van der Waals surface area contributed by atoms with E-state index < -0.39 is 0 Å². The summed E-state index contributed by atoms with van der Waals surface area (Å²) in [5.41, 5.74) is 6.79. The molecule has 4 nitrogen and oxygen atoms in total. The van der Waals surface area contributed by atoms with Crippen molar-refractivity contribution >= 4 is 0 Å². The highest BCUT2D eigenvalue weighted by Gasteiger charge is 2.20. The van der Waals surface area contributed by atoms with Crippen LogP contribution in [0, 0.1) is 19.8 Å². The quantitative estimate of drug-likeness (QED) is 0.634. The second-order valence-electron chi connectivity index (χ2n) is 6.08. The van der Waals surface area contributed by atoms with E-state index in [4.69, 9.17) is 5.84 Å². The van der Waals surface area contributed by atoms with Gasteiger partial charge in [-0.15, -0.1) is 0 Å². The van der Waals surface area contributed by atoms with Crippen molar-refractivity contribution in [1.29, 1.82) is 0 Å². The maximum atomic E-state index is 5.77. The summed E-state index contributed by atoms with van der Waals surface area (Å²) >= 11 is 0. The van der Waals surface area contributed by atoms with E-state index in [1.165, 1.54) is 49.8 Å². The molecule has 0 bridgehead atoms. The largest absolute Gasteiger partial charge is 0.272 e. The van der Waals surface area contributed by atoms with Crippen LogP contribution in [0.25, 0.3) is 0 Å². The monoisotopic (exact) mass is 264 g/mol. The summed E-state index contributed by atoms with van der Waals surface area (Å²) in [7, 11) is 2.01. The Hall–Kier alpha value is -0.870. The molecule has 0 spiro atoms. The van der Waals surface area contributed by atoms with E-state index in [0.717, 1.165) is 18.0 Å². The third-order valence-electron chi connectivity index (χ3n) is 4.69. The number of aryl methyl sites for hydroxylation is 2. The molecule has 108 valence electrons. The number of nitrogens with zero attached hydrogens (tertiary/aromatic N) is 2. The van der Waals surface area contributed by atoms with E-state index in [0.29, 0.717) is 6.04 Å². The average Bonchev–Trinajstić information content (AvgIpc) is 2.65. The van der Waals surface area contributed by atoms with Crippen molar-refractivity contribution in [3.05, 3.63) is 17.0 Å². The van der Waals surface area contributed by atoms with Gasteiger partial charge in [0, 0.05) is 18.8 Å². The van der Waals surface area contributed by atoms with Gasteiger partial charge >= 0.3 is 0 Å². The first-order valence-electron chi connectivity index (χ1n) is 7.57. The van der Waals surface area contributed by atoms with Crippen LogP contribution in [-0.2, 0) is 13.5 Å². The number of hydrazine groups is 1. The van der Waals surface area contributed by atoms with E-state index in [9.17, 15) is 0 Å². The highest BCUT2D eigenvalue weighted by Crippen LogP contribution is 2.28. The summed E-state index contributed by atoms with van der Waals surface area (Å²) in [5.74, 6) is 6.62. The summed E-state index contributed by atoms with van der Waals surface area (Å²) in [6, 6.07) is 0.379. The van der Waals surface area contributed by atoms with Crippen molar-refractivity contribution in [2.75, 3.05) is 0 Å². The molecule has 1 saturated carbocycles. The van der Waals surface area contributed by atoms with Gasteiger partial charge in [-0.1, -0.05) is 32.1 Å². The lowest BCUT2D eigenvalue weighted by atomic mass is 9.83. The fourth-order valence-electron chi connectivity index (χ4n) is 3.39. The zero-order valence-electron chi connectivity index (χ0n) is 12.6. The molecular formula is C15H28N4. The molecule has 19 heavy (non-hydrogen) atoms. The molecule has 1 heterocycles. The van der Waals surface area contributed by atoms with Crippen LogP contribution in [0.1, 0.15) is 55.5 Å². The summed E-state index contributed by atoms with van der Waals surface area (Å²) in [6.07, 6.45) is 9.16. The smallest absolute Gasteiger partial charge is 0.0628 e. The average molecular weight is 264 g/mol. The lowest BCUT2D eigenvalue weighted by Gasteiger charge is -2.26. The van der Waals surface area contributed by atoms with Crippen LogP contribution < -0.4 is 11.3 Å². The summed E-state index contributed by atoms with van der Waals surface area (Å²) in [5, 5.41) is 4.49. The molecule has 0 amide bonds. The molecule has 1 atom stereocenters. The normalized spacial score (nSPS) is 18.7. The molecule has 0 aromatic carbocycles. The molecule has 1 aromatic rings. The first-order valence-corrected chi connectivity index (χ1v) is 7.57. The molecule has 1 aliphatic carbocycles. The zero-order chi connectivity index (χ0) is 13.8. The summed E-state index contributed by atoms with van der Waals surface area (Å²) in [4.78, 5) is 0. The summed E-state index contributed by atoms with van der Waals surface area (Å²) < 4.78 is 1.97. The number of nitrogens with one attached hydrogen (secondary N) is 1. The summed E-state index contributed by atoms with van der Waals surface area (Å²) in [6.45, 7) is 4.24. The van der Waals surface area contributed by atoms with Gasteiger partial charge < -0.3 is 0 Å². The van der Waals surface area contributed by atoms with Crippen molar-refractivity contribution in [2.24, 2.45) is 18.8 Å². The topological polar surface area (TPSA) is 55.9 Å². The van der Waals surface area contributed by atoms with Crippen molar-refractivity contribution < 1.29 is 0 Å². The van der Waals surface area contributed by atoms with E-state index in [2.05, 4.69) is 24.4 Å². The Balaban J connectivity index is 1.98. The number of nitrogens with two attached hydrogens (primary N) is 1. The molecule has 4 heteroatoms. The van der Waals surface area contributed by atoms with Crippen molar-refractivity contribution in [3.63, 3.8) is 0 Å². The number of aromatic nitrogens is 2. The Labute approximate surface area is 116 Å². The van der Waals surface area contributed by atoms with Crippen molar-refractivity contribution in [3.8, 4) is 0 Å². The molecule has 2 rings (SSSR count). The Morgan fingerprint density at radius 1 is 1.32 bits per heavy atom. The van der Waals surface area contributed by atoms with Gasteiger partial charge in [0.15, 0.2) is 0 Å². The molecule has 3 N–H and O–H groups in total. The van der Waals surface area contributed by atoms with Gasteiger partial charge in [0.2, 0.25) is 0 Å². The van der Waals surface area contributed by atoms with Crippen LogP contribution in [0.2, 0.25) is 0 Å². The van der Waals surface area contributed by atoms with E-state index in [1.54, 1.807) is 0 Å². The number of hydrogen-bond acceptors (Lipinski definition) is 3. The molecule has 0 saturated heterocycles. The maximum absolute atomic E-state index is 5.77. The predicted molar refractivity (Wildman–Crippen MR) is 78.7 cm³/mol. The van der Waals surface area contributed by atoms with Gasteiger partial charge in [0.1, 0.15) is 0 Å². The highest BCUT2D eigenvalue weighted by atomic mass is 15.3. The molecule has 1 unspecified atom stereocenters. The van der Waals surface area contributed by atoms with Gasteiger partial charge in [-0.25, -0.2) is 0 Å². The van der Waals surface area contributed by atoms with Gasteiger partial charge in [-0.2, -0.15) is 5.10 Å². The minimum absolute atomic E-state index is 0.379. The SMILES string of the molecule is Cc1nn(C)c(C)c1CC(CC1CCCCC1)NN. The third-order valence-corrected chi connectivity index (χ3v) is 4.69. The minimum Gasteiger partial charge on any atom is -0.272 e. The Bertz CT molecular complexity index is 405. The Morgan fingerprint density at radius 3 is 2.53 bits per heavy atom. The van der Waals surface area contributed by atoms with Gasteiger partial charge in [-0.05, 0) is 38.2 Å². The lowest BCUT2D eigenvalue weighted by molar-refractivity contribution is 0.297. The van der Waals surface area contributed by atoms with Crippen LogP contribution in [0.4, 0.5) is 0 Å². The third kappa shape index (κ3) is 3.57. The van der Waals surface area contributed by atoms with E-state index >= 15 is 0 Å². The fraction of sp³-hybridized carbons (Fsp3) is 0.800. The van der Waals surface area contributed by atoms with Crippen LogP contribution in [-0.4, -0.2) is 15.8 Å². The maximum Gasteiger partial charge on any atom is 0.0628 e. The Morgan fingerprint density at radius 2 is 2.00 bits per heavy atom. The van der Waals surface area contributed by atoms with Crippen LogP contribution >= 0.6 is 0 Å². The first-order chi connectivity index (χ1) is 9.11. The molecular weight excluding hydrogens is 236 g/mol. The van der Waals surface area contributed by atoms with Gasteiger partial charge in [0.25, 0.3) is 0 Å². The molecule has 1 aromatic heterocycles. The van der Waals surface area contributed by atoms with Gasteiger partial charge in [0.05, 0.1) is 5.69 Å². The van der Waals surface area contributed by atoms with Crippen LogP contribution in [0.5, 0.6) is 0 Å². The second-order valence-corrected chi connectivity index (χ2v) is 6.08. The van der Waals surface area contributed by atoms with E-state index in [1.807, 2.05) is 11.7 Å². The zero-order valence-corrected chi connectivity index (χ0v) is 12.6. The van der Waals surface area contributed by atoms with Crippen molar-refractivity contribution in [2.45, 2.75) is 64.8 Å². The molecule has 1 fully saturated rings. The number of rotatable bonds is 5. The van der Waals surface area contributed by atoms with Crippen molar-refractivity contribution in [1.82, 2.24) is 15.2 Å². The highest BCUT2D eigenvalue weighted by molar-refractivity contribution is 5.25. The van der Waals surface area contributed by atoms with E-state index in [-0.39, 0.29) is 0 Å². The Kier molecular flexibility index (Phi) is 4.99. The van der Waals surface area contributed by atoms with Gasteiger partial charge in [-0.3, -0.25) is 16.0 Å². The molecule has 1 aliphatic rings. The lowest BCUT2D eigenvalue weighted by Crippen LogP contribution is -2.38. The van der Waals surface area contributed by atoms with Crippen LogP contribution in [0.3, 0.4) is 0 Å². The van der Waals surface area contributed by atoms with Crippen LogP contribution in [0.15, 0.2) is 0 Å². The predicted octanol–water partition coefficient (Wildman–Crippen LogP) is 2.38. The second kappa shape index (κ2) is 6.53. The minimum atomic E-state index is 0.379. The first kappa shape index (κ1) is 14.5.